The Morgan fingerprint density at radius 1 is 1.27 bits per heavy atom. The summed E-state index contributed by atoms with van der Waals surface area (Å²) in [6, 6.07) is 9.67. The summed E-state index contributed by atoms with van der Waals surface area (Å²) >= 11 is 6.11. The molecule has 0 atom stereocenters. The summed E-state index contributed by atoms with van der Waals surface area (Å²) in [5.41, 5.74) is 2.50. The number of nitrogens with zero attached hydrogens (tertiary/aromatic N) is 4. The van der Waals surface area contributed by atoms with E-state index in [0.29, 0.717) is 10.6 Å². The standard InChI is InChI=1S/C16H17ClN4O/c1-12-8-15(22-19-12)11-20-4-6-21(7-5-20)14-3-2-13(10-18)16(17)9-14/h2-3,8-9H,4-7,11H2,1H3. The number of anilines is 1. The molecule has 6 heteroatoms. The van der Waals surface area contributed by atoms with Crippen molar-refractivity contribution in [3.05, 3.63) is 46.3 Å². The van der Waals surface area contributed by atoms with Crippen molar-refractivity contribution in [3.8, 4) is 6.07 Å². The first-order valence-corrected chi connectivity index (χ1v) is 7.62. The maximum Gasteiger partial charge on any atom is 0.150 e. The highest BCUT2D eigenvalue weighted by Gasteiger charge is 2.19. The van der Waals surface area contributed by atoms with Gasteiger partial charge in [0.05, 0.1) is 22.8 Å². The van der Waals surface area contributed by atoms with Gasteiger partial charge in [0.15, 0.2) is 5.76 Å². The molecule has 114 valence electrons. The third-order valence-corrected chi connectivity index (χ3v) is 4.18. The topological polar surface area (TPSA) is 56.3 Å². The summed E-state index contributed by atoms with van der Waals surface area (Å²) in [6.45, 7) is 6.49. The van der Waals surface area contributed by atoms with E-state index in [1.54, 1.807) is 6.07 Å². The number of aromatic nitrogens is 1. The largest absolute Gasteiger partial charge is 0.369 e. The van der Waals surface area contributed by atoms with Crippen LogP contribution >= 0.6 is 11.6 Å². The normalized spacial score (nSPS) is 15.8. The van der Waals surface area contributed by atoms with Gasteiger partial charge >= 0.3 is 0 Å². The molecule has 3 rings (SSSR count). The number of rotatable bonds is 3. The highest BCUT2D eigenvalue weighted by molar-refractivity contribution is 6.32. The summed E-state index contributed by atoms with van der Waals surface area (Å²) in [5.74, 6) is 0.910. The van der Waals surface area contributed by atoms with Gasteiger partial charge in [0.1, 0.15) is 6.07 Å². The molecule has 0 aliphatic carbocycles. The van der Waals surface area contributed by atoms with Crippen LogP contribution in [-0.2, 0) is 6.54 Å². The van der Waals surface area contributed by atoms with Crippen LogP contribution in [0.4, 0.5) is 5.69 Å². The number of piperazine rings is 1. The maximum absolute atomic E-state index is 8.93. The molecule has 0 amide bonds. The summed E-state index contributed by atoms with van der Waals surface area (Å²) in [7, 11) is 0. The molecule has 0 radical (unpaired) electrons. The summed E-state index contributed by atoms with van der Waals surface area (Å²) < 4.78 is 5.27. The van der Waals surface area contributed by atoms with E-state index in [2.05, 4.69) is 21.0 Å². The summed E-state index contributed by atoms with van der Waals surface area (Å²) in [5, 5.41) is 13.4. The minimum Gasteiger partial charge on any atom is -0.369 e. The molecule has 0 spiro atoms. The average Bonchev–Trinajstić information content (AvgIpc) is 2.93. The molecule has 0 unspecified atom stereocenters. The number of nitriles is 1. The second kappa shape index (κ2) is 6.39. The Kier molecular flexibility index (Phi) is 4.32. The van der Waals surface area contributed by atoms with Crippen molar-refractivity contribution >= 4 is 17.3 Å². The third-order valence-electron chi connectivity index (χ3n) is 3.87. The lowest BCUT2D eigenvalue weighted by Crippen LogP contribution is -2.45. The second-order valence-electron chi connectivity index (χ2n) is 5.47. The first-order valence-electron chi connectivity index (χ1n) is 7.25. The van der Waals surface area contributed by atoms with Crippen LogP contribution in [0.2, 0.25) is 5.02 Å². The minimum absolute atomic E-state index is 0.513. The molecule has 0 saturated carbocycles. The van der Waals surface area contributed by atoms with E-state index in [-0.39, 0.29) is 0 Å². The van der Waals surface area contributed by atoms with E-state index >= 15 is 0 Å². The van der Waals surface area contributed by atoms with Gasteiger partial charge in [-0.25, -0.2) is 0 Å². The zero-order valence-electron chi connectivity index (χ0n) is 12.4. The van der Waals surface area contributed by atoms with E-state index in [9.17, 15) is 0 Å². The van der Waals surface area contributed by atoms with E-state index in [1.165, 1.54) is 0 Å². The van der Waals surface area contributed by atoms with Crippen molar-refractivity contribution in [1.82, 2.24) is 10.1 Å². The molecule has 1 fully saturated rings. The first-order chi connectivity index (χ1) is 10.7. The van der Waals surface area contributed by atoms with E-state index < -0.39 is 0 Å². The number of aryl methyl sites for hydroxylation is 1. The van der Waals surface area contributed by atoms with Gasteiger partial charge in [-0.05, 0) is 25.1 Å². The molecule has 1 saturated heterocycles. The van der Waals surface area contributed by atoms with Crippen molar-refractivity contribution in [2.75, 3.05) is 31.1 Å². The SMILES string of the molecule is Cc1cc(CN2CCN(c3ccc(C#N)c(Cl)c3)CC2)on1. The van der Waals surface area contributed by atoms with Gasteiger partial charge in [-0.1, -0.05) is 16.8 Å². The number of halogens is 1. The average molecular weight is 317 g/mol. The summed E-state index contributed by atoms with van der Waals surface area (Å²) in [4.78, 5) is 4.64. The fraction of sp³-hybridized carbons (Fsp3) is 0.375. The predicted octanol–water partition coefficient (Wildman–Crippen LogP) is 2.83. The highest BCUT2D eigenvalue weighted by atomic mass is 35.5. The maximum atomic E-state index is 8.93. The van der Waals surface area contributed by atoms with Gasteiger partial charge in [0.25, 0.3) is 0 Å². The number of hydrogen-bond donors (Lipinski definition) is 0. The molecule has 0 bridgehead atoms. The van der Waals surface area contributed by atoms with E-state index in [4.69, 9.17) is 21.4 Å². The molecule has 22 heavy (non-hydrogen) atoms. The Balaban J connectivity index is 1.59. The van der Waals surface area contributed by atoms with Crippen LogP contribution < -0.4 is 4.90 Å². The zero-order valence-corrected chi connectivity index (χ0v) is 13.2. The van der Waals surface area contributed by atoms with Crippen LogP contribution in [0.3, 0.4) is 0 Å². The van der Waals surface area contributed by atoms with Crippen LogP contribution in [0.5, 0.6) is 0 Å². The molecular weight excluding hydrogens is 300 g/mol. The van der Waals surface area contributed by atoms with Gasteiger partial charge in [0.2, 0.25) is 0 Å². The van der Waals surface area contributed by atoms with Crippen LogP contribution in [-0.4, -0.2) is 36.2 Å². The molecule has 1 aromatic carbocycles. The lowest BCUT2D eigenvalue weighted by molar-refractivity contribution is 0.219. The Labute approximate surface area is 134 Å². The molecule has 2 aromatic rings. The number of benzene rings is 1. The fourth-order valence-corrected chi connectivity index (χ4v) is 2.88. The second-order valence-corrected chi connectivity index (χ2v) is 5.88. The Morgan fingerprint density at radius 3 is 2.64 bits per heavy atom. The van der Waals surface area contributed by atoms with E-state index in [0.717, 1.165) is 49.9 Å². The van der Waals surface area contributed by atoms with E-state index in [1.807, 2.05) is 25.1 Å². The molecule has 1 aliphatic rings. The van der Waals surface area contributed by atoms with Crippen molar-refractivity contribution in [1.29, 1.82) is 5.26 Å². The minimum atomic E-state index is 0.513. The first kappa shape index (κ1) is 14.9. The smallest absolute Gasteiger partial charge is 0.150 e. The summed E-state index contributed by atoms with van der Waals surface area (Å²) in [6.07, 6.45) is 0. The Bertz CT molecular complexity index is 698. The van der Waals surface area contributed by atoms with Crippen molar-refractivity contribution in [3.63, 3.8) is 0 Å². The quantitative estimate of drug-likeness (QED) is 0.871. The molecular formula is C16H17ClN4O. The van der Waals surface area contributed by atoms with Gasteiger partial charge in [-0.15, -0.1) is 0 Å². The third kappa shape index (κ3) is 3.24. The molecule has 1 aromatic heterocycles. The van der Waals surface area contributed by atoms with Crippen molar-refractivity contribution in [2.45, 2.75) is 13.5 Å². The molecule has 0 N–H and O–H groups in total. The highest BCUT2D eigenvalue weighted by Crippen LogP contribution is 2.24. The van der Waals surface area contributed by atoms with Crippen molar-refractivity contribution in [2.24, 2.45) is 0 Å². The monoisotopic (exact) mass is 316 g/mol. The van der Waals surface area contributed by atoms with Gasteiger partial charge in [-0.2, -0.15) is 5.26 Å². The Morgan fingerprint density at radius 2 is 2.05 bits per heavy atom. The number of hydrogen-bond acceptors (Lipinski definition) is 5. The lowest BCUT2D eigenvalue weighted by Gasteiger charge is -2.35. The van der Waals surface area contributed by atoms with Crippen LogP contribution in [0.15, 0.2) is 28.8 Å². The Hall–Kier alpha value is -2.03. The van der Waals surface area contributed by atoms with Crippen LogP contribution in [0.1, 0.15) is 17.0 Å². The zero-order chi connectivity index (χ0) is 15.5. The lowest BCUT2D eigenvalue weighted by atomic mass is 10.2. The van der Waals surface area contributed by atoms with Gasteiger partial charge in [0, 0.05) is 37.9 Å². The predicted molar refractivity (Wildman–Crippen MR) is 84.9 cm³/mol. The fourth-order valence-electron chi connectivity index (χ4n) is 2.67. The molecule has 1 aliphatic heterocycles. The van der Waals surface area contributed by atoms with Gasteiger partial charge in [-0.3, -0.25) is 4.90 Å². The molecule has 5 nitrogen and oxygen atoms in total. The molecule has 2 heterocycles. The van der Waals surface area contributed by atoms with Gasteiger partial charge < -0.3 is 9.42 Å². The van der Waals surface area contributed by atoms with Crippen LogP contribution in [0.25, 0.3) is 0 Å². The van der Waals surface area contributed by atoms with Crippen LogP contribution in [0, 0.1) is 18.3 Å². The van der Waals surface area contributed by atoms with Crippen molar-refractivity contribution < 1.29 is 4.52 Å².